The summed E-state index contributed by atoms with van der Waals surface area (Å²) < 4.78 is 34.8. The van der Waals surface area contributed by atoms with Crippen molar-refractivity contribution in [1.82, 2.24) is 9.38 Å². The fraction of sp³-hybridized carbons (Fsp3) is 0.235. The number of imidazole rings is 1. The molecule has 0 radical (unpaired) electrons. The molecule has 3 rings (SSSR count). The third-order valence-electron chi connectivity index (χ3n) is 3.79. The molecule has 2 heterocycles. The van der Waals surface area contributed by atoms with Gasteiger partial charge in [0, 0.05) is 11.9 Å². The standard InChI is InChI=1S/C17H19N3O3S/c1-4-23-15-6-8-16(9-7-15)24(21,22)19-14-5-10-17-18-12(2)13(3)20(17)11-14/h5-11,19H,4H2,1-3H3. The largest absolute Gasteiger partial charge is 0.494 e. The van der Waals surface area contributed by atoms with Crippen molar-refractivity contribution in [2.75, 3.05) is 11.3 Å². The van der Waals surface area contributed by atoms with E-state index in [2.05, 4.69) is 9.71 Å². The Balaban J connectivity index is 1.89. The molecule has 0 bridgehead atoms. The molecule has 126 valence electrons. The molecule has 1 aromatic carbocycles. The molecule has 0 saturated carbocycles. The van der Waals surface area contributed by atoms with E-state index in [1.54, 1.807) is 30.5 Å². The highest BCUT2D eigenvalue weighted by atomic mass is 32.2. The van der Waals surface area contributed by atoms with Crippen molar-refractivity contribution in [3.8, 4) is 5.75 Å². The summed E-state index contributed by atoms with van der Waals surface area (Å²) in [7, 11) is -3.66. The Morgan fingerprint density at radius 3 is 2.50 bits per heavy atom. The lowest BCUT2D eigenvalue weighted by Gasteiger charge is -2.10. The van der Waals surface area contributed by atoms with E-state index in [0.29, 0.717) is 18.0 Å². The third kappa shape index (κ3) is 3.07. The molecule has 0 aliphatic carbocycles. The first-order valence-corrected chi connectivity index (χ1v) is 9.10. The van der Waals surface area contributed by atoms with Gasteiger partial charge >= 0.3 is 0 Å². The second-order valence-corrected chi connectivity index (χ2v) is 7.12. The minimum Gasteiger partial charge on any atom is -0.494 e. The van der Waals surface area contributed by atoms with Gasteiger partial charge in [-0.05, 0) is 57.2 Å². The monoisotopic (exact) mass is 345 g/mol. The van der Waals surface area contributed by atoms with Crippen LogP contribution in [0.3, 0.4) is 0 Å². The average molecular weight is 345 g/mol. The number of ether oxygens (including phenoxy) is 1. The summed E-state index contributed by atoms with van der Waals surface area (Å²) in [4.78, 5) is 4.59. The van der Waals surface area contributed by atoms with E-state index in [1.807, 2.05) is 25.2 Å². The number of hydrogen-bond donors (Lipinski definition) is 1. The number of nitrogens with one attached hydrogen (secondary N) is 1. The third-order valence-corrected chi connectivity index (χ3v) is 5.19. The van der Waals surface area contributed by atoms with Crippen LogP contribution in [0.5, 0.6) is 5.75 Å². The van der Waals surface area contributed by atoms with Crippen molar-refractivity contribution in [2.24, 2.45) is 0 Å². The molecule has 3 aromatic rings. The van der Waals surface area contributed by atoms with Crippen molar-refractivity contribution in [1.29, 1.82) is 0 Å². The maximum atomic E-state index is 12.5. The molecule has 0 aliphatic rings. The summed E-state index contributed by atoms with van der Waals surface area (Å²) in [5.41, 5.74) is 3.17. The number of fused-ring (bicyclic) bond motifs is 1. The highest BCUT2D eigenvalue weighted by Gasteiger charge is 2.15. The van der Waals surface area contributed by atoms with Crippen LogP contribution >= 0.6 is 0 Å². The van der Waals surface area contributed by atoms with Crippen LogP contribution in [0.2, 0.25) is 0 Å². The fourth-order valence-corrected chi connectivity index (χ4v) is 3.48. The number of anilines is 1. The van der Waals surface area contributed by atoms with E-state index in [-0.39, 0.29) is 4.90 Å². The van der Waals surface area contributed by atoms with Crippen molar-refractivity contribution in [3.05, 3.63) is 54.0 Å². The second-order valence-electron chi connectivity index (χ2n) is 5.44. The van der Waals surface area contributed by atoms with Crippen molar-refractivity contribution in [2.45, 2.75) is 25.7 Å². The van der Waals surface area contributed by atoms with Gasteiger partial charge in [-0.3, -0.25) is 4.72 Å². The van der Waals surface area contributed by atoms with E-state index >= 15 is 0 Å². The van der Waals surface area contributed by atoms with Crippen molar-refractivity contribution >= 4 is 21.4 Å². The molecule has 0 aliphatic heterocycles. The zero-order valence-corrected chi connectivity index (χ0v) is 14.6. The van der Waals surface area contributed by atoms with Gasteiger partial charge < -0.3 is 9.14 Å². The first kappa shape index (κ1) is 16.3. The highest BCUT2D eigenvalue weighted by molar-refractivity contribution is 7.92. The number of benzene rings is 1. The van der Waals surface area contributed by atoms with Crippen molar-refractivity contribution in [3.63, 3.8) is 0 Å². The molecule has 0 atom stereocenters. The summed E-state index contributed by atoms with van der Waals surface area (Å²) in [6.07, 6.45) is 1.73. The molecular weight excluding hydrogens is 326 g/mol. The van der Waals surface area contributed by atoms with Gasteiger partial charge in [0.25, 0.3) is 10.0 Å². The van der Waals surface area contributed by atoms with Gasteiger partial charge in [-0.1, -0.05) is 0 Å². The van der Waals surface area contributed by atoms with Crippen LogP contribution in [0.25, 0.3) is 5.65 Å². The minimum atomic E-state index is -3.66. The molecular formula is C17H19N3O3S. The Bertz CT molecular complexity index is 976. The quantitative estimate of drug-likeness (QED) is 0.771. The molecule has 7 heteroatoms. The molecule has 6 nitrogen and oxygen atoms in total. The normalized spacial score (nSPS) is 11.6. The van der Waals surface area contributed by atoms with Gasteiger partial charge in [0.15, 0.2) is 0 Å². The van der Waals surface area contributed by atoms with Crippen LogP contribution in [0, 0.1) is 13.8 Å². The molecule has 0 unspecified atom stereocenters. The molecule has 0 fully saturated rings. The van der Waals surface area contributed by atoms with E-state index in [4.69, 9.17) is 4.74 Å². The smallest absolute Gasteiger partial charge is 0.261 e. The van der Waals surface area contributed by atoms with Crippen LogP contribution in [0.1, 0.15) is 18.3 Å². The maximum Gasteiger partial charge on any atom is 0.261 e. The summed E-state index contributed by atoms with van der Waals surface area (Å²) in [5.74, 6) is 0.641. The summed E-state index contributed by atoms with van der Waals surface area (Å²) in [5, 5.41) is 0. The summed E-state index contributed by atoms with van der Waals surface area (Å²) in [6, 6.07) is 9.83. The maximum absolute atomic E-state index is 12.5. The van der Waals surface area contributed by atoms with Gasteiger partial charge in [-0.15, -0.1) is 0 Å². The molecule has 0 amide bonds. The summed E-state index contributed by atoms with van der Waals surface area (Å²) >= 11 is 0. The van der Waals surface area contributed by atoms with Gasteiger partial charge in [0.2, 0.25) is 0 Å². The van der Waals surface area contributed by atoms with Gasteiger partial charge in [0.05, 0.1) is 22.9 Å². The first-order valence-electron chi connectivity index (χ1n) is 7.61. The molecule has 1 N–H and O–H groups in total. The molecule has 0 saturated heterocycles. The number of hydrogen-bond acceptors (Lipinski definition) is 4. The lowest BCUT2D eigenvalue weighted by atomic mass is 10.3. The van der Waals surface area contributed by atoms with E-state index in [9.17, 15) is 8.42 Å². The van der Waals surface area contributed by atoms with Crippen LogP contribution in [0.15, 0.2) is 47.5 Å². The van der Waals surface area contributed by atoms with Crippen molar-refractivity contribution < 1.29 is 13.2 Å². The Morgan fingerprint density at radius 2 is 1.83 bits per heavy atom. The average Bonchev–Trinajstić information content (AvgIpc) is 2.83. The number of pyridine rings is 1. The minimum absolute atomic E-state index is 0.185. The lowest BCUT2D eigenvalue weighted by Crippen LogP contribution is -2.13. The zero-order valence-electron chi connectivity index (χ0n) is 13.8. The second kappa shape index (κ2) is 6.16. The first-order chi connectivity index (χ1) is 11.4. The van der Waals surface area contributed by atoms with Crippen LogP contribution < -0.4 is 9.46 Å². The predicted octanol–water partition coefficient (Wildman–Crippen LogP) is 3.15. The molecule has 0 spiro atoms. The van der Waals surface area contributed by atoms with Crippen LogP contribution in [-0.4, -0.2) is 24.4 Å². The number of aromatic nitrogens is 2. The van der Waals surface area contributed by atoms with E-state index in [1.165, 1.54) is 12.1 Å². The molecule has 24 heavy (non-hydrogen) atoms. The Labute approximate surface area is 141 Å². The summed E-state index contributed by atoms with van der Waals surface area (Å²) in [6.45, 7) is 6.28. The topological polar surface area (TPSA) is 72.7 Å². The fourth-order valence-electron chi connectivity index (χ4n) is 2.44. The number of rotatable bonds is 5. The van der Waals surface area contributed by atoms with E-state index < -0.39 is 10.0 Å². The van der Waals surface area contributed by atoms with Gasteiger partial charge in [-0.2, -0.15) is 0 Å². The number of aryl methyl sites for hydroxylation is 2. The van der Waals surface area contributed by atoms with Crippen LogP contribution in [0.4, 0.5) is 5.69 Å². The SMILES string of the molecule is CCOc1ccc(S(=O)(=O)Nc2ccc3nc(C)c(C)n3c2)cc1. The Hall–Kier alpha value is -2.54. The van der Waals surface area contributed by atoms with Gasteiger partial charge in [-0.25, -0.2) is 13.4 Å². The van der Waals surface area contributed by atoms with E-state index in [0.717, 1.165) is 17.0 Å². The number of nitrogens with zero attached hydrogens (tertiary/aromatic N) is 2. The molecule has 2 aromatic heterocycles. The predicted molar refractivity (Wildman–Crippen MR) is 93.1 cm³/mol. The highest BCUT2D eigenvalue weighted by Crippen LogP contribution is 2.21. The Kier molecular flexibility index (Phi) is 4.19. The Morgan fingerprint density at radius 1 is 1.12 bits per heavy atom. The van der Waals surface area contributed by atoms with Gasteiger partial charge in [0.1, 0.15) is 11.4 Å². The zero-order chi connectivity index (χ0) is 17.3. The lowest BCUT2D eigenvalue weighted by molar-refractivity contribution is 0.340. The number of sulfonamides is 1. The van der Waals surface area contributed by atoms with Crippen LogP contribution in [-0.2, 0) is 10.0 Å².